The summed E-state index contributed by atoms with van der Waals surface area (Å²) in [6.45, 7) is 9.65. The lowest BCUT2D eigenvalue weighted by molar-refractivity contribution is -0.161. The quantitative estimate of drug-likeness (QED) is 0.0222. The summed E-state index contributed by atoms with van der Waals surface area (Å²) >= 11 is 0. The molecule has 0 heterocycles. The van der Waals surface area contributed by atoms with E-state index in [1.54, 1.807) is 0 Å². The highest BCUT2D eigenvalue weighted by atomic mass is 31.2. The van der Waals surface area contributed by atoms with E-state index in [0.29, 0.717) is 25.7 Å². The average Bonchev–Trinajstić information content (AvgIpc) is 2.58. The first-order valence-corrected chi connectivity index (χ1v) is 41.6. The van der Waals surface area contributed by atoms with Gasteiger partial charge in [-0.3, -0.25) is 37.3 Å². The van der Waals surface area contributed by atoms with E-state index < -0.39 is 97.5 Å². The van der Waals surface area contributed by atoms with E-state index >= 15 is 0 Å². The fraction of sp³-hybridized carbons (Fsp3) is 0.946. The molecule has 0 fully saturated rings. The topological polar surface area (TPSA) is 237 Å². The molecular formula is C74H144O17P2. The molecule has 0 radical (unpaired) electrons. The van der Waals surface area contributed by atoms with Gasteiger partial charge in [0.05, 0.1) is 26.4 Å². The molecule has 0 amide bonds. The summed E-state index contributed by atoms with van der Waals surface area (Å²) in [6, 6.07) is 0. The second-order valence-corrected chi connectivity index (χ2v) is 30.1. The van der Waals surface area contributed by atoms with E-state index in [9.17, 15) is 43.2 Å². The Hall–Kier alpha value is -1.94. The Balaban J connectivity index is 5.23. The summed E-state index contributed by atoms with van der Waals surface area (Å²) < 4.78 is 68.4. The van der Waals surface area contributed by atoms with Gasteiger partial charge in [0, 0.05) is 25.7 Å². The predicted octanol–water partition coefficient (Wildman–Crippen LogP) is 21.6. The zero-order valence-electron chi connectivity index (χ0n) is 60.6. The highest BCUT2D eigenvalue weighted by molar-refractivity contribution is 7.47. The van der Waals surface area contributed by atoms with E-state index in [0.717, 1.165) is 102 Å². The summed E-state index contributed by atoms with van der Waals surface area (Å²) in [5.41, 5.74) is 0. The van der Waals surface area contributed by atoms with E-state index in [-0.39, 0.29) is 25.7 Å². The molecule has 4 unspecified atom stereocenters. The number of unbranched alkanes of at least 4 members (excludes halogenated alkanes) is 41. The third-order valence-corrected chi connectivity index (χ3v) is 19.8. The van der Waals surface area contributed by atoms with Crippen LogP contribution in [0.3, 0.4) is 0 Å². The summed E-state index contributed by atoms with van der Waals surface area (Å²) in [6.07, 6.45) is 52.5. The summed E-state index contributed by atoms with van der Waals surface area (Å²) in [7, 11) is -9.90. The summed E-state index contributed by atoms with van der Waals surface area (Å²) in [5, 5.41) is 10.6. The number of ether oxygens (including phenoxy) is 4. The smallest absolute Gasteiger partial charge is 0.462 e. The zero-order valence-corrected chi connectivity index (χ0v) is 62.3. The van der Waals surface area contributed by atoms with Crippen molar-refractivity contribution in [2.24, 2.45) is 11.8 Å². The number of rotatable bonds is 73. The van der Waals surface area contributed by atoms with Crippen LogP contribution in [0.2, 0.25) is 0 Å². The van der Waals surface area contributed by atoms with Gasteiger partial charge in [-0.2, -0.15) is 0 Å². The molecule has 0 bridgehead atoms. The van der Waals surface area contributed by atoms with Crippen LogP contribution in [0.1, 0.15) is 382 Å². The van der Waals surface area contributed by atoms with Gasteiger partial charge in [-0.15, -0.1) is 0 Å². The molecular weight excluding hydrogens is 1220 g/mol. The molecule has 0 spiro atoms. The van der Waals surface area contributed by atoms with Gasteiger partial charge in [0.2, 0.25) is 0 Å². The lowest BCUT2D eigenvalue weighted by Crippen LogP contribution is -2.30. The third-order valence-electron chi connectivity index (χ3n) is 17.9. The molecule has 0 aromatic heterocycles. The molecule has 552 valence electrons. The molecule has 7 atom stereocenters. The standard InChI is InChI=1S/C74H144O17P2/c1-7-11-13-15-17-19-20-26-34-40-46-52-58-73(78)90-69(62-84-71(76)56-50-44-38-30-18-16-14-12-8-2)64-88-92(80,81)86-60-68(75)61-87-93(82,83)89-65-70(63-85-72(77)57-51-45-39-33-29-28-32-37-43-49-55-67(6)10-4)91-74(79)59-53-47-41-35-27-24-22-21-23-25-31-36-42-48-54-66(5)9-3/h66-70,75H,7-65H2,1-6H3,(H,80,81)(H,82,83)/t66?,67?,68-,69+,70+/m0/s1. The zero-order chi connectivity index (χ0) is 68.6. The molecule has 0 aliphatic carbocycles. The van der Waals surface area contributed by atoms with E-state index in [1.165, 1.54) is 199 Å². The average molecular weight is 1370 g/mol. The second kappa shape index (κ2) is 66.0. The molecule has 0 saturated carbocycles. The third kappa shape index (κ3) is 65.8. The van der Waals surface area contributed by atoms with Crippen LogP contribution in [-0.4, -0.2) is 96.7 Å². The molecule has 17 nitrogen and oxygen atoms in total. The van der Waals surface area contributed by atoms with Crippen LogP contribution in [0.4, 0.5) is 0 Å². The first-order valence-electron chi connectivity index (χ1n) is 38.6. The normalized spacial score (nSPS) is 14.6. The van der Waals surface area contributed by atoms with Crippen LogP contribution in [0.5, 0.6) is 0 Å². The minimum absolute atomic E-state index is 0.107. The lowest BCUT2D eigenvalue weighted by Gasteiger charge is -2.21. The first kappa shape index (κ1) is 91.1. The lowest BCUT2D eigenvalue weighted by atomic mass is 9.99. The number of carbonyl (C=O) groups is 4. The van der Waals surface area contributed by atoms with Crippen LogP contribution >= 0.6 is 15.6 Å². The maximum Gasteiger partial charge on any atom is 0.472 e. The van der Waals surface area contributed by atoms with Gasteiger partial charge in [0.15, 0.2) is 12.2 Å². The maximum atomic E-state index is 13.1. The van der Waals surface area contributed by atoms with Crippen molar-refractivity contribution < 1.29 is 80.2 Å². The fourth-order valence-corrected chi connectivity index (χ4v) is 12.8. The van der Waals surface area contributed by atoms with Crippen molar-refractivity contribution in [1.82, 2.24) is 0 Å². The number of hydrogen-bond acceptors (Lipinski definition) is 15. The number of phosphoric acid groups is 2. The van der Waals surface area contributed by atoms with Crippen LogP contribution in [0, 0.1) is 11.8 Å². The Morgan fingerprint density at radius 2 is 0.516 bits per heavy atom. The van der Waals surface area contributed by atoms with Crippen LogP contribution in [0.15, 0.2) is 0 Å². The monoisotopic (exact) mass is 1370 g/mol. The van der Waals surface area contributed by atoms with Crippen molar-refractivity contribution in [2.75, 3.05) is 39.6 Å². The van der Waals surface area contributed by atoms with Crippen molar-refractivity contribution in [1.29, 1.82) is 0 Å². The molecule has 0 rings (SSSR count). The Bertz CT molecular complexity index is 1810. The number of phosphoric ester groups is 2. The van der Waals surface area contributed by atoms with Gasteiger partial charge in [0.1, 0.15) is 19.3 Å². The molecule has 0 aliphatic heterocycles. The first-order chi connectivity index (χ1) is 44.9. The van der Waals surface area contributed by atoms with Crippen LogP contribution < -0.4 is 0 Å². The molecule has 3 N–H and O–H groups in total. The van der Waals surface area contributed by atoms with Crippen molar-refractivity contribution in [3.8, 4) is 0 Å². The Morgan fingerprint density at radius 1 is 0.301 bits per heavy atom. The van der Waals surface area contributed by atoms with Gasteiger partial charge in [-0.1, -0.05) is 330 Å². The molecule has 0 aromatic rings. The van der Waals surface area contributed by atoms with Crippen LogP contribution in [0.25, 0.3) is 0 Å². The Kier molecular flexibility index (Phi) is 64.6. The second-order valence-electron chi connectivity index (χ2n) is 27.2. The number of aliphatic hydroxyl groups is 1. The van der Waals surface area contributed by atoms with E-state index in [4.69, 9.17) is 37.0 Å². The van der Waals surface area contributed by atoms with Crippen molar-refractivity contribution in [3.05, 3.63) is 0 Å². The van der Waals surface area contributed by atoms with E-state index in [2.05, 4.69) is 41.5 Å². The van der Waals surface area contributed by atoms with Crippen molar-refractivity contribution >= 4 is 39.5 Å². The van der Waals surface area contributed by atoms with Gasteiger partial charge >= 0.3 is 39.5 Å². The summed E-state index contributed by atoms with van der Waals surface area (Å²) in [4.78, 5) is 72.7. The van der Waals surface area contributed by atoms with Crippen LogP contribution in [-0.2, 0) is 65.4 Å². The molecule has 19 heteroatoms. The van der Waals surface area contributed by atoms with Gasteiger partial charge < -0.3 is 33.8 Å². The van der Waals surface area contributed by atoms with Crippen molar-refractivity contribution in [3.63, 3.8) is 0 Å². The molecule has 0 aromatic carbocycles. The van der Waals surface area contributed by atoms with Gasteiger partial charge in [-0.25, -0.2) is 9.13 Å². The summed E-state index contributed by atoms with van der Waals surface area (Å²) in [5.74, 6) is -0.463. The van der Waals surface area contributed by atoms with Gasteiger partial charge in [0.25, 0.3) is 0 Å². The number of carbonyl (C=O) groups excluding carboxylic acids is 4. The number of esters is 4. The highest BCUT2D eigenvalue weighted by Gasteiger charge is 2.30. The van der Waals surface area contributed by atoms with Crippen molar-refractivity contribution in [2.45, 2.75) is 400 Å². The Labute approximate surface area is 568 Å². The molecule has 0 saturated heterocycles. The Morgan fingerprint density at radius 3 is 0.763 bits per heavy atom. The predicted molar refractivity (Wildman–Crippen MR) is 377 cm³/mol. The van der Waals surface area contributed by atoms with Gasteiger partial charge in [-0.05, 0) is 37.5 Å². The number of aliphatic hydroxyl groups excluding tert-OH is 1. The number of hydrogen-bond donors (Lipinski definition) is 3. The highest BCUT2D eigenvalue weighted by Crippen LogP contribution is 2.45. The fourth-order valence-electron chi connectivity index (χ4n) is 11.2. The minimum Gasteiger partial charge on any atom is -0.462 e. The maximum absolute atomic E-state index is 13.1. The molecule has 0 aliphatic rings. The molecule has 93 heavy (non-hydrogen) atoms. The SMILES string of the molecule is CCCCCCCCCCCCCCC(=O)O[C@H](COC(=O)CCCCCCCCCCC)COP(=O)(O)OC[C@H](O)COP(=O)(O)OC[C@@H](COC(=O)CCCCCCCCCCCCC(C)CC)OC(=O)CCCCCCCCCCCCCCCCC(C)CC. The minimum atomic E-state index is -4.96. The largest absolute Gasteiger partial charge is 0.472 e. The van der Waals surface area contributed by atoms with E-state index in [1.807, 2.05) is 0 Å².